The van der Waals surface area contributed by atoms with Gasteiger partial charge in [-0.1, -0.05) is 45.4 Å². The van der Waals surface area contributed by atoms with Gasteiger partial charge in [-0.05, 0) is 31.1 Å². The van der Waals surface area contributed by atoms with Gasteiger partial charge in [-0.3, -0.25) is 4.99 Å². The third-order valence-corrected chi connectivity index (χ3v) is 4.78. The quantitative estimate of drug-likeness (QED) is 0.809. The summed E-state index contributed by atoms with van der Waals surface area (Å²) in [6.07, 6.45) is 6.72. The predicted molar refractivity (Wildman–Crippen MR) is 77.7 cm³/mol. The van der Waals surface area contributed by atoms with Gasteiger partial charge in [0.2, 0.25) is 0 Å². The van der Waals surface area contributed by atoms with Gasteiger partial charge in [-0.25, -0.2) is 0 Å². The fourth-order valence-electron chi connectivity index (χ4n) is 2.35. The maximum Gasteiger partial charge on any atom is 0.157 e. The van der Waals surface area contributed by atoms with Crippen molar-refractivity contribution in [1.29, 1.82) is 0 Å². The SMILES string of the molecule is CCC(CC1CC1)NC1=NC(C(C)C)CCS1. The molecule has 0 aromatic carbocycles. The fraction of sp³-hybridized carbons (Fsp3) is 0.929. The van der Waals surface area contributed by atoms with Crippen molar-refractivity contribution in [2.24, 2.45) is 16.8 Å². The van der Waals surface area contributed by atoms with Gasteiger partial charge in [0.05, 0.1) is 6.04 Å². The first-order valence-electron chi connectivity index (χ1n) is 7.16. The Labute approximate surface area is 110 Å². The molecule has 0 bridgehead atoms. The van der Waals surface area contributed by atoms with Crippen molar-refractivity contribution in [3.8, 4) is 0 Å². The van der Waals surface area contributed by atoms with E-state index in [1.165, 1.54) is 43.0 Å². The zero-order valence-corrected chi connectivity index (χ0v) is 12.2. The van der Waals surface area contributed by atoms with Crippen molar-refractivity contribution in [3.05, 3.63) is 0 Å². The average Bonchev–Trinajstić information content (AvgIpc) is 3.12. The Hall–Kier alpha value is -0.180. The molecule has 1 fully saturated rings. The Morgan fingerprint density at radius 1 is 1.35 bits per heavy atom. The van der Waals surface area contributed by atoms with E-state index < -0.39 is 0 Å². The number of rotatable bonds is 5. The molecule has 1 aliphatic carbocycles. The van der Waals surface area contributed by atoms with E-state index in [0.717, 1.165) is 5.92 Å². The molecule has 1 aliphatic heterocycles. The summed E-state index contributed by atoms with van der Waals surface area (Å²) in [6, 6.07) is 1.19. The predicted octanol–water partition coefficient (Wildman–Crippen LogP) is 3.67. The van der Waals surface area contributed by atoms with Gasteiger partial charge in [-0.15, -0.1) is 0 Å². The van der Waals surface area contributed by atoms with Crippen LogP contribution in [0, 0.1) is 11.8 Å². The molecule has 1 saturated carbocycles. The largest absolute Gasteiger partial charge is 0.362 e. The third kappa shape index (κ3) is 4.20. The molecule has 2 nitrogen and oxygen atoms in total. The van der Waals surface area contributed by atoms with Crippen LogP contribution in [0.5, 0.6) is 0 Å². The van der Waals surface area contributed by atoms with E-state index in [4.69, 9.17) is 4.99 Å². The number of nitrogens with zero attached hydrogens (tertiary/aromatic N) is 1. The monoisotopic (exact) mass is 254 g/mol. The minimum Gasteiger partial charge on any atom is -0.362 e. The van der Waals surface area contributed by atoms with Gasteiger partial charge in [-0.2, -0.15) is 0 Å². The van der Waals surface area contributed by atoms with Gasteiger partial charge in [0, 0.05) is 11.8 Å². The number of amidine groups is 1. The Balaban J connectivity index is 1.86. The maximum absolute atomic E-state index is 4.87. The topological polar surface area (TPSA) is 24.4 Å². The van der Waals surface area contributed by atoms with E-state index in [2.05, 4.69) is 26.1 Å². The molecule has 1 heterocycles. The molecule has 17 heavy (non-hydrogen) atoms. The molecule has 2 atom stereocenters. The highest BCUT2D eigenvalue weighted by molar-refractivity contribution is 8.13. The number of hydrogen-bond acceptors (Lipinski definition) is 3. The Kier molecular flexibility index (Phi) is 4.78. The van der Waals surface area contributed by atoms with E-state index in [0.29, 0.717) is 18.0 Å². The van der Waals surface area contributed by atoms with Crippen LogP contribution in [0.25, 0.3) is 0 Å². The van der Waals surface area contributed by atoms with Crippen molar-refractivity contribution in [1.82, 2.24) is 5.32 Å². The molecular formula is C14H26N2S. The third-order valence-electron chi connectivity index (χ3n) is 3.84. The van der Waals surface area contributed by atoms with Crippen molar-refractivity contribution in [2.75, 3.05) is 5.75 Å². The van der Waals surface area contributed by atoms with E-state index >= 15 is 0 Å². The first-order chi connectivity index (χ1) is 8.19. The summed E-state index contributed by atoms with van der Waals surface area (Å²) in [5.41, 5.74) is 0. The Bertz CT molecular complexity index is 271. The number of nitrogens with one attached hydrogen (secondary N) is 1. The Morgan fingerprint density at radius 3 is 2.71 bits per heavy atom. The van der Waals surface area contributed by atoms with Crippen LogP contribution in [0.15, 0.2) is 4.99 Å². The molecule has 0 amide bonds. The lowest BCUT2D eigenvalue weighted by molar-refractivity contribution is 0.474. The number of aliphatic imine (C=N–C) groups is 1. The summed E-state index contributed by atoms with van der Waals surface area (Å²) < 4.78 is 0. The van der Waals surface area contributed by atoms with Crippen LogP contribution in [0.4, 0.5) is 0 Å². The maximum atomic E-state index is 4.87. The summed E-state index contributed by atoms with van der Waals surface area (Å²) in [5, 5.41) is 4.89. The molecule has 0 radical (unpaired) electrons. The molecule has 98 valence electrons. The summed E-state index contributed by atoms with van der Waals surface area (Å²) >= 11 is 1.91. The van der Waals surface area contributed by atoms with Crippen LogP contribution in [0.2, 0.25) is 0 Å². The van der Waals surface area contributed by atoms with Crippen LogP contribution < -0.4 is 5.32 Å². The second-order valence-corrected chi connectivity index (χ2v) is 6.89. The number of thioether (sulfide) groups is 1. The van der Waals surface area contributed by atoms with Gasteiger partial charge >= 0.3 is 0 Å². The standard InChI is InChI=1S/C14H26N2S/c1-4-12(9-11-5-6-11)15-14-16-13(10(2)3)7-8-17-14/h10-13H,4-9H2,1-3H3,(H,15,16). The molecular weight excluding hydrogens is 228 g/mol. The second kappa shape index (κ2) is 6.12. The van der Waals surface area contributed by atoms with Crippen molar-refractivity contribution in [2.45, 2.75) is 65.0 Å². The summed E-state index contributed by atoms with van der Waals surface area (Å²) in [6.45, 7) is 6.85. The van der Waals surface area contributed by atoms with E-state index in [9.17, 15) is 0 Å². The van der Waals surface area contributed by atoms with Gasteiger partial charge in [0.15, 0.2) is 5.17 Å². The summed E-state index contributed by atoms with van der Waals surface area (Å²) in [4.78, 5) is 4.87. The highest BCUT2D eigenvalue weighted by Crippen LogP contribution is 2.34. The molecule has 0 aromatic heterocycles. The van der Waals surface area contributed by atoms with Crippen LogP contribution >= 0.6 is 11.8 Å². The van der Waals surface area contributed by atoms with Crippen LogP contribution in [0.1, 0.15) is 52.9 Å². The van der Waals surface area contributed by atoms with Crippen LogP contribution in [-0.4, -0.2) is 23.0 Å². The Morgan fingerprint density at radius 2 is 2.12 bits per heavy atom. The summed E-state index contributed by atoms with van der Waals surface area (Å²) in [5.74, 6) is 2.91. The second-order valence-electron chi connectivity index (χ2n) is 5.81. The minimum atomic E-state index is 0.539. The van der Waals surface area contributed by atoms with E-state index in [1.54, 1.807) is 0 Å². The first kappa shape index (κ1) is 13.3. The van der Waals surface area contributed by atoms with Crippen molar-refractivity contribution < 1.29 is 0 Å². The molecule has 0 spiro atoms. The van der Waals surface area contributed by atoms with E-state index in [-0.39, 0.29) is 0 Å². The van der Waals surface area contributed by atoms with Crippen molar-refractivity contribution in [3.63, 3.8) is 0 Å². The lowest BCUT2D eigenvalue weighted by Gasteiger charge is -2.26. The zero-order chi connectivity index (χ0) is 12.3. The van der Waals surface area contributed by atoms with Crippen molar-refractivity contribution >= 4 is 16.9 Å². The molecule has 0 aromatic rings. The molecule has 2 unspecified atom stereocenters. The summed E-state index contributed by atoms with van der Waals surface area (Å²) in [7, 11) is 0. The first-order valence-corrected chi connectivity index (χ1v) is 8.14. The average molecular weight is 254 g/mol. The zero-order valence-electron chi connectivity index (χ0n) is 11.4. The molecule has 2 rings (SSSR count). The van der Waals surface area contributed by atoms with E-state index in [1.807, 2.05) is 11.8 Å². The molecule has 3 heteroatoms. The number of hydrogen-bond donors (Lipinski definition) is 1. The smallest absolute Gasteiger partial charge is 0.157 e. The normalized spacial score (nSPS) is 26.8. The van der Waals surface area contributed by atoms with Gasteiger partial charge in [0.25, 0.3) is 0 Å². The van der Waals surface area contributed by atoms with Gasteiger partial charge in [0.1, 0.15) is 0 Å². The molecule has 1 N–H and O–H groups in total. The van der Waals surface area contributed by atoms with Crippen LogP contribution in [0.3, 0.4) is 0 Å². The highest BCUT2D eigenvalue weighted by Gasteiger charge is 2.26. The highest BCUT2D eigenvalue weighted by atomic mass is 32.2. The van der Waals surface area contributed by atoms with Crippen LogP contribution in [-0.2, 0) is 0 Å². The molecule has 0 saturated heterocycles. The lowest BCUT2D eigenvalue weighted by Crippen LogP contribution is -2.36. The minimum absolute atomic E-state index is 0.539. The van der Waals surface area contributed by atoms with Gasteiger partial charge < -0.3 is 5.32 Å². The fourth-order valence-corrected chi connectivity index (χ4v) is 3.36. The molecule has 2 aliphatic rings. The lowest BCUT2D eigenvalue weighted by atomic mass is 10.0.